The summed E-state index contributed by atoms with van der Waals surface area (Å²) in [5, 5.41) is 0.767. The van der Waals surface area contributed by atoms with E-state index in [4.69, 9.17) is 8.92 Å². The molecule has 3 rings (SSSR count). The van der Waals surface area contributed by atoms with E-state index in [0.29, 0.717) is 17.9 Å². The maximum atomic E-state index is 12.3. The number of fused-ring (bicyclic) bond motifs is 1. The maximum absolute atomic E-state index is 12.3. The fraction of sp³-hybridized carbons (Fsp3) is 0.250. The molecule has 142 valence electrons. The van der Waals surface area contributed by atoms with Crippen LogP contribution in [0.4, 0.5) is 0 Å². The Balaban J connectivity index is 1.84. The summed E-state index contributed by atoms with van der Waals surface area (Å²) in [5.74, 6) is 0.654. The molecule has 0 saturated carbocycles. The number of ether oxygens (including phenoxy) is 1. The molecule has 0 spiro atoms. The number of hydrogen-bond acceptors (Lipinski definition) is 5. The van der Waals surface area contributed by atoms with E-state index in [1.54, 1.807) is 31.4 Å². The van der Waals surface area contributed by atoms with Crippen LogP contribution < -0.4 is 4.74 Å². The molecule has 0 bridgehead atoms. The van der Waals surface area contributed by atoms with Gasteiger partial charge in [0.2, 0.25) is 0 Å². The smallest absolute Gasteiger partial charge is 0.297 e. The van der Waals surface area contributed by atoms with Gasteiger partial charge < -0.3 is 9.30 Å². The molecule has 1 heterocycles. The molecule has 0 atom stereocenters. The summed E-state index contributed by atoms with van der Waals surface area (Å²) in [6.45, 7) is 3.97. The van der Waals surface area contributed by atoms with Crippen molar-refractivity contribution in [2.45, 2.75) is 25.3 Å². The van der Waals surface area contributed by atoms with Crippen molar-refractivity contribution in [3.63, 3.8) is 0 Å². The predicted molar refractivity (Wildman–Crippen MR) is 103 cm³/mol. The molecule has 0 unspecified atom stereocenters. The highest BCUT2D eigenvalue weighted by Gasteiger charge is 2.17. The lowest BCUT2D eigenvalue weighted by molar-refractivity contribution is 0.112. The molecular formula is C20H21NO5S. The van der Waals surface area contributed by atoms with Crippen molar-refractivity contribution in [2.75, 3.05) is 13.7 Å². The number of benzene rings is 2. The first kappa shape index (κ1) is 19.1. The fourth-order valence-corrected chi connectivity index (χ4v) is 3.96. The number of aryl methyl sites for hydroxylation is 1. The minimum atomic E-state index is -3.83. The van der Waals surface area contributed by atoms with Crippen molar-refractivity contribution in [2.24, 2.45) is 0 Å². The average Bonchev–Trinajstić information content (AvgIpc) is 2.92. The molecule has 0 fully saturated rings. The molecule has 0 N–H and O–H groups in total. The Bertz CT molecular complexity index is 1080. The van der Waals surface area contributed by atoms with Crippen LogP contribution in [-0.2, 0) is 20.8 Å². The van der Waals surface area contributed by atoms with E-state index in [9.17, 15) is 13.2 Å². The molecular weight excluding hydrogens is 366 g/mol. The van der Waals surface area contributed by atoms with Crippen molar-refractivity contribution in [3.8, 4) is 5.75 Å². The van der Waals surface area contributed by atoms with Crippen molar-refractivity contribution >= 4 is 27.3 Å². The molecule has 6 nitrogen and oxygen atoms in total. The summed E-state index contributed by atoms with van der Waals surface area (Å²) >= 11 is 0. The second kappa shape index (κ2) is 7.54. The summed E-state index contributed by atoms with van der Waals surface area (Å²) in [6.07, 6.45) is 0.803. The van der Waals surface area contributed by atoms with Gasteiger partial charge in [-0.15, -0.1) is 0 Å². The maximum Gasteiger partial charge on any atom is 0.297 e. The molecule has 7 heteroatoms. The molecule has 2 aromatic carbocycles. The van der Waals surface area contributed by atoms with Crippen molar-refractivity contribution in [3.05, 3.63) is 59.3 Å². The van der Waals surface area contributed by atoms with Crippen LogP contribution in [-0.4, -0.2) is 33.0 Å². The summed E-state index contributed by atoms with van der Waals surface area (Å²) in [7, 11) is -2.26. The number of carbonyl (C=O) groups excluding carboxylic acids is 1. The zero-order chi connectivity index (χ0) is 19.6. The monoisotopic (exact) mass is 387 g/mol. The van der Waals surface area contributed by atoms with Crippen molar-refractivity contribution in [1.29, 1.82) is 0 Å². The average molecular weight is 387 g/mol. The lowest BCUT2D eigenvalue weighted by Gasteiger charge is -2.10. The van der Waals surface area contributed by atoms with Crippen molar-refractivity contribution in [1.82, 2.24) is 4.57 Å². The van der Waals surface area contributed by atoms with E-state index >= 15 is 0 Å². The van der Waals surface area contributed by atoms with Gasteiger partial charge in [-0.25, -0.2) is 0 Å². The highest BCUT2D eigenvalue weighted by atomic mass is 32.2. The number of nitrogens with zero attached hydrogens (tertiary/aromatic N) is 1. The molecule has 0 aliphatic carbocycles. The molecule has 0 aliphatic heterocycles. The lowest BCUT2D eigenvalue weighted by atomic mass is 10.1. The van der Waals surface area contributed by atoms with Crippen LogP contribution in [0.25, 0.3) is 10.9 Å². The normalized spacial score (nSPS) is 11.7. The molecule has 27 heavy (non-hydrogen) atoms. The Morgan fingerprint density at radius 2 is 1.78 bits per heavy atom. The molecule has 3 aromatic rings. The highest BCUT2D eigenvalue weighted by molar-refractivity contribution is 7.86. The van der Waals surface area contributed by atoms with Crippen LogP contribution in [0.3, 0.4) is 0 Å². The largest absolute Gasteiger partial charge is 0.497 e. The summed E-state index contributed by atoms with van der Waals surface area (Å²) in [6, 6.07) is 12.0. The minimum absolute atomic E-state index is 0.0366. The van der Waals surface area contributed by atoms with Gasteiger partial charge in [-0.1, -0.05) is 17.7 Å². The second-order valence-corrected chi connectivity index (χ2v) is 7.86. The van der Waals surface area contributed by atoms with Gasteiger partial charge in [-0.2, -0.15) is 8.42 Å². The van der Waals surface area contributed by atoms with Gasteiger partial charge in [0.15, 0.2) is 6.29 Å². The van der Waals surface area contributed by atoms with E-state index in [2.05, 4.69) is 0 Å². The van der Waals surface area contributed by atoms with Gasteiger partial charge >= 0.3 is 0 Å². The van der Waals surface area contributed by atoms with Gasteiger partial charge in [-0.05, 0) is 44.2 Å². The summed E-state index contributed by atoms with van der Waals surface area (Å²) < 4.78 is 36.9. The Labute approximate surface area is 158 Å². The van der Waals surface area contributed by atoms with E-state index < -0.39 is 10.1 Å². The second-order valence-electron chi connectivity index (χ2n) is 6.24. The van der Waals surface area contributed by atoms with E-state index in [1.165, 1.54) is 12.1 Å². The number of hydrogen-bond donors (Lipinski definition) is 0. The molecule has 0 saturated heterocycles. The number of rotatable bonds is 7. The third-order valence-corrected chi connectivity index (χ3v) is 5.89. The van der Waals surface area contributed by atoms with Gasteiger partial charge in [0, 0.05) is 28.7 Å². The first-order valence-electron chi connectivity index (χ1n) is 8.45. The third-order valence-electron chi connectivity index (χ3n) is 4.56. The summed E-state index contributed by atoms with van der Waals surface area (Å²) in [5.41, 5.74) is 3.11. The summed E-state index contributed by atoms with van der Waals surface area (Å²) in [4.78, 5) is 11.6. The molecule has 0 radical (unpaired) electrons. The first-order chi connectivity index (χ1) is 12.9. The van der Waals surface area contributed by atoms with Crippen LogP contribution >= 0.6 is 0 Å². The van der Waals surface area contributed by atoms with E-state index in [1.807, 2.05) is 24.5 Å². The van der Waals surface area contributed by atoms with Crippen LogP contribution in [0.2, 0.25) is 0 Å². The quantitative estimate of drug-likeness (QED) is 0.458. The predicted octanol–water partition coefficient (Wildman–Crippen LogP) is 3.48. The minimum Gasteiger partial charge on any atom is -0.497 e. The van der Waals surface area contributed by atoms with Gasteiger partial charge in [0.05, 0.1) is 18.6 Å². The van der Waals surface area contributed by atoms with Gasteiger partial charge in [0.25, 0.3) is 10.1 Å². The molecule has 1 aromatic heterocycles. The van der Waals surface area contributed by atoms with Crippen LogP contribution in [0.15, 0.2) is 47.4 Å². The SMILES string of the molecule is COc1ccc2c(c1)c(C=O)c(C)n2CCOS(=O)(=O)c1ccc(C)cc1. The first-order valence-corrected chi connectivity index (χ1v) is 9.86. The highest BCUT2D eigenvalue weighted by Crippen LogP contribution is 2.28. The van der Waals surface area contributed by atoms with Crippen LogP contribution in [0, 0.1) is 13.8 Å². The van der Waals surface area contributed by atoms with Gasteiger partial charge in [0.1, 0.15) is 5.75 Å². The van der Waals surface area contributed by atoms with E-state index in [-0.39, 0.29) is 11.5 Å². The lowest BCUT2D eigenvalue weighted by Crippen LogP contribution is -2.13. The number of carbonyl (C=O) groups is 1. The zero-order valence-electron chi connectivity index (χ0n) is 15.4. The Morgan fingerprint density at radius 3 is 2.41 bits per heavy atom. The zero-order valence-corrected chi connectivity index (χ0v) is 16.2. The number of methoxy groups -OCH3 is 1. The Hall–Kier alpha value is -2.64. The third kappa shape index (κ3) is 3.74. The fourth-order valence-electron chi connectivity index (χ4n) is 3.06. The van der Waals surface area contributed by atoms with E-state index in [0.717, 1.165) is 28.4 Å². The van der Waals surface area contributed by atoms with Gasteiger partial charge in [-0.3, -0.25) is 8.98 Å². The topological polar surface area (TPSA) is 74.6 Å². The number of aromatic nitrogens is 1. The van der Waals surface area contributed by atoms with Crippen LogP contribution in [0.5, 0.6) is 5.75 Å². The van der Waals surface area contributed by atoms with Crippen molar-refractivity contribution < 1.29 is 22.1 Å². The Kier molecular flexibility index (Phi) is 5.34. The Morgan fingerprint density at radius 1 is 1.07 bits per heavy atom. The molecule has 0 amide bonds. The van der Waals surface area contributed by atoms with Crippen LogP contribution in [0.1, 0.15) is 21.6 Å². The molecule has 0 aliphatic rings. The standard InChI is InChI=1S/C20H21NO5S/c1-14-4-7-17(8-5-14)27(23,24)26-11-10-21-15(2)19(13-22)18-12-16(25-3)6-9-20(18)21/h4-9,12-13H,10-11H2,1-3H3. The number of aldehydes is 1.